The summed E-state index contributed by atoms with van der Waals surface area (Å²) >= 11 is 1.35. The molecular weight excluding hydrogens is 434 g/mol. The molecular formula is C25H25N5O2S. The monoisotopic (exact) mass is 459 g/mol. The maximum absolute atomic E-state index is 13.0. The second kappa shape index (κ2) is 10.3. The maximum atomic E-state index is 13.0. The number of hydrogen-bond acceptors (Lipinski definition) is 6. The van der Waals surface area contributed by atoms with E-state index in [0.717, 1.165) is 16.8 Å². The molecule has 2 aromatic carbocycles. The van der Waals surface area contributed by atoms with Gasteiger partial charge in [0, 0.05) is 23.6 Å². The molecule has 0 radical (unpaired) electrons. The zero-order valence-electron chi connectivity index (χ0n) is 18.7. The molecule has 1 unspecified atom stereocenters. The summed E-state index contributed by atoms with van der Waals surface area (Å²) < 4.78 is 7.59. The van der Waals surface area contributed by atoms with Crippen LogP contribution in [0.25, 0.3) is 17.1 Å². The van der Waals surface area contributed by atoms with Gasteiger partial charge in [-0.2, -0.15) is 0 Å². The van der Waals surface area contributed by atoms with Crippen LogP contribution in [0.3, 0.4) is 0 Å². The van der Waals surface area contributed by atoms with Crippen LogP contribution in [0.2, 0.25) is 0 Å². The number of para-hydroxylation sites is 2. The van der Waals surface area contributed by atoms with Crippen molar-refractivity contribution in [3.63, 3.8) is 0 Å². The average Bonchev–Trinajstić information content (AvgIpc) is 3.25. The molecule has 4 rings (SSSR count). The van der Waals surface area contributed by atoms with Gasteiger partial charge in [-0.05, 0) is 57.2 Å². The van der Waals surface area contributed by atoms with E-state index in [4.69, 9.17) is 4.74 Å². The standard InChI is InChI=1S/C25H25N5O2S/c1-4-32-22-8-6-5-7-21(22)27-24(31)18(3)33-25-29-28-23(19-13-15-26-16-14-19)30(25)20-11-9-17(2)10-12-20/h5-16,18H,4H2,1-3H3,(H,27,31). The first kappa shape index (κ1) is 22.5. The zero-order chi connectivity index (χ0) is 23.2. The Morgan fingerprint density at radius 3 is 2.52 bits per heavy atom. The first-order valence-electron chi connectivity index (χ1n) is 10.7. The molecule has 1 amide bonds. The number of aromatic nitrogens is 4. The van der Waals surface area contributed by atoms with Gasteiger partial charge in [0.2, 0.25) is 5.91 Å². The molecule has 0 saturated heterocycles. The Balaban J connectivity index is 1.62. The summed E-state index contributed by atoms with van der Waals surface area (Å²) in [5, 5.41) is 12.0. The Morgan fingerprint density at radius 1 is 1.06 bits per heavy atom. The van der Waals surface area contributed by atoms with E-state index >= 15 is 0 Å². The lowest BCUT2D eigenvalue weighted by atomic mass is 10.2. The third kappa shape index (κ3) is 5.23. The number of nitrogens with zero attached hydrogens (tertiary/aromatic N) is 4. The molecule has 0 aliphatic heterocycles. The van der Waals surface area contributed by atoms with Gasteiger partial charge in [-0.3, -0.25) is 14.3 Å². The summed E-state index contributed by atoms with van der Waals surface area (Å²) in [6, 6.07) is 19.3. The van der Waals surface area contributed by atoms with Gasteiger partial charge in [0.25, 0.3) is 0 Å². The molecule has 7 nitrogen and oxygen atoms in total. The van der Waals surface area contributed by atoms with Crippen molar-refractivity contribution in [2.24, 2.45) is 0 Å². The van der Waals surface area contributed by atoms with Crippen molar-refractivity contribution in [3.8, 4) is 22.8 Å². The van der Waals surface area contributed by atoms with E-state index in [9.17, 15) is 4.79 Å². The fourth-order valence-electron chi connectivity index (χ4n) is 3.26. The molecule has 33 heavy (non-hydrogen) atoms. The fourth-order valence-corrected chi connectivity index (χ4v) is 4.13. The Morgan fingerprint density at radius 2 is 1.79 bits per heavy atom. The van der Waals surface area contributed by atoms with Crippen LogP contribution in [0.4, 0.5) is 5.69 Å². The number of anilines is 1. The van der Waals surface area contributed by atoms with E-state index in [1.807, 2.05) is 86.0 Å². The third-order valence-corrected chi connectivity index (χ3v) is 6.00. The molecule has 0 saturated carbocycles. The number of thioether (sulfide) groups is 1. The van der Waals surface area contributed by atoms with Gasteiger partial charge >= 0.3 is 0 Å². The van der Waals surface area contributed by atoms with E-state index in [1.54, 1.807) is 12.4 Å². The molecule has 4 aromatic rings. The molecule has 0 aliphatic rings. The minimum Gasteiger partial charge on any atom is -0.492 e. The number of carbonyl (C=O) groups is 1. The lowest BCUT2D eigenvalue weighted by Crippen LogP contribution is -2.23. The largest absolute Gasteiger partial charge is 0.492 e. The highest BCUT2D eigenvalue weighted by Crippen LogP contribution is 2.31. The SMILES string of the molecule is CCOc1ccccc1NC(=O)C(C)Sc1nnc(-c2ccncc2)n1-c1ccc(C)cc1. The van der Waals surface area contributed by atoms with Gasteiger partial charge in [0.15, 0.2) is 11.0 Å². The first-order chi connectivity index (χ1) is 16.1. The number of nitrogens with one attached hydrogen (secondary N) is 1. The molecule has 0 bridgehead atoms. The van der Waals surface area contributed by atoms with Gasteiger partial charge in [0.05, 0.1) is 17.5 Å². The second-order valence-electron chi connectivity index (χ2n) is 7.39. The molecule has 2 aromatic heterocycles. The van der Waals surface area contributed by atoms with Crippen molar-refractivity contribution < 1.29 is 9.53 Å². The quantitative estimate of drug-likeness (QED) is 0.367. The highest BCUT2D eigenvalue weighted by molar-refractivity contribution is 8.00. The van der Waals surface area contributed by atoms with E-state index in [-0.39, 0.29) is 5.91 Å². The maximum Gasteiger partial charge on any atom is 0.237 e. The number of aryl methyl sites for hydroxylation is 1. The summed E-state index contributed by atoms with van der Waals surface area (Å²) in [7, 11) is 0. The number of pyridine rings is 1. The van der Waals surface area contributed by atoms with Crippen LogP contribution in [-0.4, -0.2) is 37.5 Å². The second-order valence-corrected chi connectivity index (χ2v) is 8.70. The summed E-state index contributed by atoms with van der Waals surface area (Å²) in [5.41, 5.74) is 3.63. The predicted molar refractivity (Wildman–Crippen MR) is 131 cm³/mol. The van der Waals surface area contributed by atoms with Crippen LogP contribution >= 0.6 is 11.8 Å². The van der Waals surface area contributed by atoms with Crippen molar-refractivity contribution in [2.75, 3.05) is 11.9 Å². The Labute approximate surface area is 197 Å². The molecule has 0 aliphatic carbocycles. The molecule has 1 N–H and O–H groups in total. The van der Waals surface area contributed by atoms with Crippen LogP contribution in [0.1, 0.15) is 19.4 Å². The van der Waals surface area contributed by atoms with Crippen LogP contribution < -0.4 is 10.1 Å². The topological polar surface area (TPSA) is 81.9 Å². The Hall–Kier alpha value is -3.65. The Kier molecular flexibility index (Phi) is 7.04. The average molecular weight is 460 g/mol. The van der Waals surface area contributed by atoms with Crippen LogP contribution in [0.5, 0.6) is 5.75 Å². The van der Waals surface area contributed by atoms with E-state index in [2.05, 4.69) is 20.5 Å². The van der Waals surface area contributed by atoms with Crippen molar-refractivity contribution in [1.29, 1.82) is 0 Å². The number of benzene rings is 2. The first-order valence-corrected chi connectivity index (χ1v) is 11.6. The summed E-state index contributed by atoms with van der Waals surface area (Å²) in [6.45, 7) is 6.33. The lowest BCUT2D eigenvalue weighted by Gasteiger charge is -2.15. The van der Waals surface area contributed by atoms with Crippen LogP contribution in [0.15, 0.2) is 78.2 Å². The summed E-state index contributed by atoms with van der Waals surface area (Å²) in [5.74, 6) is 1.20. The summed E-state index contributed by atoms with van der Waals surface area (Å²) in [4.78, 5) is 17.1. The smallest absolute Gasteiger partial charge is 0.237 e. The zero-order valence-corrected chi connectivity index (χ0v) is 19.5. The number of hydrogen-bond donors (Lipinski definition) is 1. The minimum atomic E-state index is -0.418. The Bertz CT molecular complexity index is 1230. The van der Waals surface area contributed by atoms with Crippen LogP contribution in [-0.2, 0) is 4.79 Å². The number of carbonyl (C=O) groups excluding carboxylic acids is 1. The third-order valence-electron chi connectivity index (χ3n) is 4.96. The fraction of sp³-hybridized carbons (Fsp3) is 0.200. The normalized spacial score (nSPS) is 11.7. The van der Waals surface area contributed by atoms with Gasteiger partial charge in [-0.25, -0.2) is 0 Å². The number of rotatable bonds is 8. The molecule has 0 spiro atoms. The number of ether oxygens (including phenoxy) is 1. The molecule has 0 fully saturated rings. The summed E-state index contributed by atoms with van der Waals surface area (Å²) in [6.07, 6.45) is 3.45. The molecule has 2 heterocycles. The van der Waals surface area contributed by atoms with Crippen molar-refractivity contribution in [2.45, 2.75) is 31.2 Å². The lowest BCUT2D eigenvalue weighted by molar-refractivity contribution is -0.115. The van der Waals surface area contributed by atoms with Gasteiger partial charge in [0.1, 0.15) is 5.75 Å². The van der Waals surface area contributed by atoms with Crippen LogP contribution in [0, 0.1) is 6.92 Å². The molecule has 168 valence electrons. The number of amides is 1. The highest BCUT2D eigenvalue weighted by Gasteiger charge is 2.22. The predicted octanol–water partition coefficient (Wildman–Crippen LogP) is 5.16. The minimum absolute atomic E-state index is 0.143. The molecule has 1 atom stereocenters. The van der Waals surface area contributed by atoms with Gasteiger partial charge in [-0.1, -0.05) is 41.6 Å². The van der Waals surface area contributed by atoms with Crippen molar-refractivity contribution in [1.82, 2.24) is 19.7 Å². The highest BCUT2D eigenvalue weighted by atomic mass is 32.2. The molecule has 8 heteroatoms. The van der Waals surface area contributed by atoms with Gasteiger partial charge < -0.3 is 10.1 Å². The van der Waals surface area contributed by atoms with Gasteiger partial charge in [-0.15, -0.1) is 10.2 Å². The van der Waals surface area contributed by atoms with Crippen molar-refractivity contribution in [3.05, 3.63) is 78.6 Å². The van der Waals surface area contributed by atoms with E-state index in [1.165, 1.54) is 11.8 Å². The van der Waals surface area contributed by atoms with E-state index < -0.39 is 5.25 Å². The van der Waals surface area contributed by atoms with Crippen molar-refractivity contribution >= 4 is 23.4 Å². The van der Waals surface area contributed by atoms with E-state index in [0.29, 0.717) is 29.0 Å².